The molecule has 0 bridgehead atoms. The van der Waals surface area contributed by atoms with Gasteiger partial charge in [-0.1, -0.05) is 30.3 Å². The van der Waals surface area contributed by atoms with Gasteiger partial charge in [0.15, 0.2) is 6.17 Å². The molecule has 3 aliphatic rings. The van der Waals surface area contributed by atoms with E-state index >= 15 is 0 Å². The molecule has 0 aromatic heterocycles. The van der Waals surface area contributed by atoms with Crippen LogP contribution in [0.1, 0.15) is 50.5 Å². The summed E-state index contributed by atoms with van der Waals surface area (Å²) in [5.41, 5.74) is 6.63. The van der Waals surface area contributed by atoms with Gasteiger partial charge in [-0.3, -0.25) is 9.59 Å². The summed E-state index contributed by atoms with van der Waals surface area (Å²) < 4.78 is 33.7. The number of carbonyl (C=O) groups is 2. The molecule has 9 nitrogen and oxygen atoms in total. The molecule has 4 rings (SSSR count). The number of benzene rings is 1. The Balaban J connectivity index is 1.58. The van der Waals surface area contributed by atoms with Crippen molar-refractivity contribution in [2.75, 3.05) is 19.7 Å². The smallest absolute Gasteiger partial charge is 0.259 e. The van der Waals surface area contributed by atoms with Crippen molar-refractivity contribution in [2.45, 2.75) is 75.1 Å². The van der Waals surface area contributed by atoms with E-state index in [0.717, 1.165) is 32.1 Å². The van der Waals surface area contributed by atoms with Crippen molar-refractivity contribution in [3.63, 3.8) is 0 Å². The van der Waals surface area contributed by atoms with Gasteiger partial charge in [0, 0.05) is 31.8 Å². The number of hydrogen-bond acceptors (Lipinski definition) is 6. The van der Waals surface area contributed by atoms with Gasteiger partial charge in [-0.2, -0.15) is 4.31 Å². The first kappa shape index (κ1) is 24.1. The molecule has 0 radical (unpaired) electrons. The van der Waals surface area contributed by atoms with E-state index in [1.54, 1.807) is 24.3 Å². The second kappa shape index (κ2) is 10.5. The molecule has 0 spiro atoms. The van der Waals surface area contributed by atoms with Crippen molar-refractivity contribution >= 4 is 21.8 Å². The van der Waals surface area contributed by atoms with Gasteiger partial charge >= 0.3 is 0 Å². The minimum absolute atomic E-state index is 0.0717. The summed E-state index contributed by atoms with van der Waals surface area (Å²) in [5, 5.41) is 3.02. The van der Waals surface area contributed by atoms with Crippen molar-refractivity contribution < 1.29 is 22.7 Å². The molecule has 3 fully saturated rings. The highest BCUT2D eigenvalue weighted by molar-refractivity contribution is 7.88. The second-order valence-corrected chi connectivity index (χ2v) is 11.2. The van der Waals surface area contributed by atoms with E-state index in [0.29, 0.717) is 31.6 Å². The van der Waals surface area contributed by atoms with Gasteiger partial charge in [-0.05, 0) is 50.5 Å². The first-order chi connectivity index (χ1) is 15.8. The second-order valence-electron chi connectivity index (χ2n) is 9.23. The zero-order valence-corrected chi connectivity index (χ0v) is 19.7. The lowest BCUT2D eigenvalue weighted by atomic mass is 9.92. The summed E-state index contributed by atoms with van der Waals surface area (Å²) in [6, 6.07) is 8.95. The lowest BCUT2D eigenvalue weighted by Gasteiger charge is -2.43. The summed E-state index contributed by atoms with van der Waals surface area (Å²) in [6.07, 6.45) is 3.11. The number of rotatable bonds is 6. The molecule has 2 saturated heterocycles. The molecular weight excluding hydrogens is 444 g/mol. The van der Waals surface area contributed by atoms with Crippen LogP contribution in [0, 0.1) is 0 Å². The average Bonchev–Trinajstić information content (AvgIpc) is 3.35. The Bertz CT molecular complexity index is 927. The molecule has 1 aromatic carbocycles. The van der Waals surface area contributed by atoms with Crippen molar-refractivity contribution in [2.24, 2.45) is 5.73 Å². The summed E-state index contributed by atoms with van der Waals surface area (Å²) in [5.74, 6) is -0.978. The Hall–Kier alpha value is -2.01. The fourth-order valence-corrected chi connectivity index (χ4v) is 6.66. The third-order valence-corrected chi connectivity index (χ3v) is 8.53. The highest BCUT2D eigenvalue weighted by Gasteiger charge is 2.45. The number of amides is 2. The van der Waals surface area contributed by atoms with E-state index in [1.807, 2.05) is 6.07 Å². The van der Waals surface area contributed by atoms with Crippen LogP contribution in [-0.2, 0) is 30.1 Å². The fraction of sp³-hybridized carbons (Fsp3) is 0.652. The van der Waals surface area contributed by atoms with Crippen LogP contribution in [0.3, 0.4) is 0 Å². The lowest BCUT2D eigenvalue weighted by Crippen LogP contribution is -2.65. The summed E-state index contributed by atoms with van der Waals surface area (Å²) in [7, 11) is -3.85. The van der Waals surface area contributed by atoms with Crippen LogP contribution < -0.4 is 11.1 Å². The van der Waals surface area contributed by atoms with Crippen molar-refractivity contribution in [1.29, 1.82) is 0 Å². The lowest BCUT2D eigenvalue weighted by molar-refractivity contribution is -0.154. The third-order valence-electron chi connectivity index (χ3n) is 6.74. The van der Waals surface area contributed by atoms with Gasteiger partial charge < -0.3 is 20.7 Å². The van der Waals surface area contributed by atoms with Crippen molar-refractivity contribution in [3.8, 4) is 0 Å². The SMILES string of the molecule is NC1CCC(NC(=O)C2N(C(=O)C3CCCO3)CCCN2S(=O)(=O)Cc2ccccc2)CC1. The molecule has 2 unspecified atom stereocenters. The molecule has 2 atom stereocenters. The number of nitrogens with two attached hydrogens (primary N) is 1. The molecule has 2 amide bonds. The van der Waals surface area contributed by atoms with Gasteiger partial charge in [-0.15, -0.1) is 0 Å². The number of nitrogens with zero attached hydrogens (tertiary/aromatic N) is 2. The van der Waals surface area contributed by atoms with Gasteiger partial charge in [0.2, 0.25) is 10.0 Å². The van der Waals surface area contributed by atoms with E-state index in [1.165, 1.54) is 9.21 Å². The molecule has 182 valence electrons. The largest absolute Gasteiger partial charge is 0.368 e. The summed E-state index contributed by atoms with van der Waals surface area (Å²) in [6.45, 7) is 1.02. The van der Waals surface area contributed by atoms with Gasteiger partial charge in [-0.25, -0.2) is 8.42 Å². The van der Waals surface area contributed by atoms with E-state index in [2.05, 4.69) is 5.32 Å². The van der Waals surface area contributed by atoms with Crippen LogP contribution in [-0.4, -0.2) is 73.5 Å². The minimum atomic E-state index is -3.85. The average molecular weight is 479 g/mol. The van der Waals surface area contributed by atoms with E-state index in [-0.39, 0.29) is 30.3 Å². The summed E-state index contributed by atoms with van der Waals surface area (Å²) in [4.78, 5) is 28.2. The number of nitrogens with one attached hydrogen (secondary N) is 1. The maximum Gasteiger partial charge on any atom is 0.259 e. The Morgan fingerprint density at radius 1 is 1.03 bits per heavy atom. The maximum absolute atomic E-state index is 13.5. The van der Waals surface area contributed by atoms with Crippen molar-refractivity contribution in [1.82, 2.24) is 14.5 Å². The number of ether oxygens (including phenoxy) is 1. The van der Waals surface area contributed by atoms with E-state index in [9.17, 15) is 18.0 Å². The molecule has 10 heteroatoms. The highest BCUT2D eigenvalue weighted by atomic mass is 32.2. The predicted molar refractivity (Wildman–Crippen MR) is 123 cm³/mol. The number of hydrogen-bond donors (Lipinski definition) is 2. The Morgan fingerprint density at radius 2 is 1.76 bits per heavy atom. The molecule has 1 aromatic rings. The predicted octanol–water partition coefficient (Wildman–Crippen LogP) is 0.942. The van der Waals surface area contributed by atoms with E-state index in [4.69, 9.17) is 10.5 Å². The van der Waals surface area contributed by atoms with Crippen LogP contribution in [0.25, 0.3) is 0 Å². The molecule has 1 saturated carbocycles. The Kier molecular flexibility index (Phi) is 7.68. The van der Waals surface area contributed by atoms with Gasteiger partial charge in [0.1, 0.15) is 6.10 Å². The van der Waals surface area contributed by atoms with Crippen LogP contribution in [0.4, 0.5) is 0 Å². The van der Waals surface area contributed by atoms with Crippen LogP contribution in [0.5, 0.6) is 0 Å². The zero-order chi connectivity index (χ0) is 23.4. The van der Waals surface area contributed by atoms with Gasteiger partial charge in [0.05, 0.1) is 5.75 Å². The first-order valence-corrected chi connectivity index (χ1v) is 13.5. The first-order valence-electron chi connectivity index (χ1n) is 11.9. The van der Waals surface area contributed by atoms with Crippen LogP contribution in [0.15, 0.2) is 30.3 Å². The highest BCUT2D eigenvalue weighted by Crippen LogP contribution is 2.26. The molecule has 2 aliphatic heterocycles. The third kappa shape index (κ3) is 5.74. The normalized spacial score (nSPS) is 29.1. The molecule has 3 N–H and O–H groups in total. The fourth-order valence-electron chi connectivity index (χ4n) is 4.96. The monoisotopic (exact) mass is 478 g/mol. The van der Waals surface area contributed by atoms with Crippen LogP contribution >= 0.6 is 0 Å². The van der Waals surface area contributed by atoms with Gasteiger partial charge in [0.25, 0.3) is 11.8 Å². The maximum atomic E-state index is 13.5. The standard InChI is InChI=1S/C23H34N4O5S/c24-18-9-11-19(12-10-18)25-21(28)22-26(23(29)20-8-4-15-32-20)13-5-14-27(22)33(30,31)16-17-6-2-1-3-7-17/h1-3,6-7,18-20,22H,4-5,8-16,24H2,(H,25,28). The molecule has 1 aliphatic carbocycles. The minimum Gasteiger partial charge on any atom is -0.368 e. The zero-order valence-electron chi connectivity index (χ0n) is 18.9. The quantitative estimate of drug-likeness (QED) is 0.628. The topological polar surface area (TPSA) is 122 Å². The van der Waals surface area contributed by atoms with Crippen molar-refractivity contribution in [3.05, 3.63) is 35.9 Å². The Morgan fingerprint density at radius 3 is 2.42 bits per heavy atom. The van der Waals surface area contributed by atoms with Crippen LogP contribution in [0.2, 0.25) is 0 Å². The number of sulfonamides is 1. The number of carbonyl (C=O) groups excluding carboxylic acids is 2. The molecule has 2 heterocycles. The summed E-state index contributed by atoms with van der Waals surface area (Å²) >= 11 is 0. The Labute approximate surface area is 195 Å². The molecular formula is C23H34N4O5S. The van der Waals surface area contributed by atoms with E-state index < -0.39 is 28.2 Å². The molecule has 33 heavy (non-hydrogen) atoms.